The number of aromatic amines is 1. The van der Waals surface area contributed by atoms with Gasteiger partial charge in [-0.25, -0.2) is 4.79 Å². The predicted octanol–water partition coefficient (Wildman–Crippen LogP) is 3.12. The van der Waals surface area contributed by atoms with Crippen LogP contribution in [0, 0.1) is 0 Å². The molecule has 0 saturated carbocycles. The zero-order chi connectivity index (χ0) is 20.7. The molecule has 0 atom stereocenters. The molecule has 7 heteroatoms. The van der Waals surface area contributed by atoms with E-state index in [0.29, 0.717) is 11.3 Å². The molecule has 2 aromatic heterocycles. The summed E-state index contributed by atoms with van der Waals surface area (Å²) in [7, 11) is 6.03. The molecule has 1 aromatic carbocycles. The SMILES string of the molecule is CC(C)c1c(-c2ccc3c(c2)cc(CN(C)C)n3C)[nH]c(=O)c(C(=O)O)c1O. The minimum absolute atomic E-state index is 0.180. The van der Waals surface area contributed by atoms with E-state index in [1.807, 2.05) is 53.2 Å². The van der Waals surface area contributed by atoms with Gasteiger partial charge in [0.2, 0.25) is 0 Å². The van der Waals surface area contributed by atoms with Crippen molar-refractivity contribution in [2.45, 2.75) is 26.3 Å². The second kappa shape index (κ2) is 7.16. The van der Waals surface area contributed by atoms with Crippen LogP contribution >= 0.6 is 0 Å². The number of benzene rings is 1. The zero-order valence-corrected chi connectivity index (χ0v) is 16.7. The Kier molecular flexibility index (Phi) is 5.04. The Hall–Kier alpha value is -3.06. The number of hydrogen-bond donors (Lipinski definition) is 3. The summed E-state index contributed by atoms with van der Waals surface area (Å²) in [6.07, 6.45) is 0. The van der Waals surface area contributed by atoms with Gasteiger partial charge in [-0.15, -0.1) is 0 Å². The number of aromatic carboxylic acids is 1. The van der Waals surface area contributed by atoms with Crippen LogP contribution in [-0.2, 0) is 13.6 Å². The number of hydrogen-bond acceptors (Lipinski definition) is 4. The minimum Gasteiger partial charge on any atom is -0.506 e. The van der Waals surface area contributed by atoms with E-state index in [1.54, 1.807) is 0 Å². The van der Waals surface area contributed by atoms with Gasteiger partial charge in [0, 0.05) is 35.8 Å². The predicted molar refractivity (Wildman–Crippen MR) is 109 cm³/mol. The lowest BCUT2D eigenvalue weighted by Gasteiger charge is -2.16. The number of rotatable bonds is 5. The molecule has 3 aromatic rings. The lowest BCUT2D eigenvalue weighted by molar-refractivity contribution is 0.0691. The van der Waals surface area contributed by atoms with E-state index < -0.39 is 22.8 Å². The molecule has 0 amide bonds. The molecular formula is C21H25N3O4. The Labute approximate surface area is 162 Å². The van der Waals surface area contributed by atoms with E-state index in [0.717, 1.165) is 28.7 Å². The zero-order valence-electron chi connectivity index (χ0n) is 16.7. The summed E-state index contributed by atoms with van der Waals surface area (Å²) < 4.78 is 2.12. The summed E-state index contributed by atoms with van der Waals surface area (Å²) in [5.74, 6) is -2.09. The average Bonchev–Trinajstić information content (AvgIpc) is 2.88. The van der Waals surface area contributed by atoms with Gasteiger partial charge in [-0.1, -0.05) is 19.9 Å². The topological polar surface area (TPSA) is 98.6 Å². The normalized spacial score (nSPS) is 11.7. The molecule has 0 unspecified atom stereocenters. The highest BCUT2D eigenvalue weighted by Crippen LogP contribution is 2.36. The fraction of sp³-hybridized carbons (Fsp3) is 0.333. The molecule has 0 saturated heterocycles. The molecule has 0 radical (unpaired) electrons. The molecule has 28 heavy (non-hydrogen) atoms. The first-order valence-electron chi connectivity index (χ1n) is 9.07. The van der Waals surface area contributed by atoms with Crippen LogP contribution in [0.25, 0.3) is 22.2 Å². The largest absolute Gasteiger partial charge is 0.506 e. The molecular weight excluding hydrogens is 358 g/mol. The first-order valence-corrected chi connectivity index (χ1v) is 9.07. The quantitative estimate of drug-likeness (QED) is 0.629. The number of nitrogens with zero attached hydrogens (tertiary/aromatic N) is 2. The van der Waals surface area contributed by atoms with E-state index in [4.69, 9.17) is 0 Å². The first kappa shape index (κ1) is 19.7. The third kappa shape index (κ3) is 3.29. The average molecular weight is 383 g/mol. The van der Waals surface area contributed by atoms with E-state index in [-0.39, 0.29) is 5.92 Å². The fourth-order valence-corrected chi connectivity index (χ4v) is 3.63. The third-order valence-electron chi connectivity index (χ3n) is 4.93. The second-order valence-electron chi connectivity index (χ2n) is 7.63. The van der Waals surface area contributed by atoms with Gasteiger partial charge in [-0.2, -0.15) is 0 Å². The lowest BCUT2D eigenvalue weighted by atomic mass is 9.94. The van der Waals surface area contributed by atoms with Gasteiger partial charge in [-0.05, 0) is 43.8 Å². The monoisotopic (exact) mass is 383 g/mol. The van der Waals surface area contributed by atoms with Crippen LogP contribution in [0.4, 0.5) is 0 Å². The Balaban J connectivity index is 2.24. The summed E-state index contributed by atoms with van der Waals surface area (Å²) in [6.45, 7) is 4.49. The van der Waals surface area contributed by atoms with Crippen LogP contribution in [0.15, 0.2) is 29.1 Å². The van der Waals surface area contributed by atoms with Crippen molar-refractivity contribution < 1.29 is 15.0 Å². The van der Waals surface area contributed by atoms with Crippen molar-refractivity contribution in [3.05, 3.63) is 51.4 Å². The van der Waals surface area contributed by atoms with Crippen molar-refractivity contribution in [2.75, 3.05) is 14.1 Å². The molecule has 148 valence electrons. The van der Waals surface area contributed by atoms with Crippen LogP contribution in [-0.4, -0.2) is 44.7 Å². The molecule has 0 fully saturated rings. The Morgan fingerprint density at radius 3 is 2.50 bits per heavy atom. The maximum atomic E-state index is 12.3. The van der Waals surface area contributed by atoms with Gasteiger partial charge >= 0.3 is 5.97 Å². The molecule has 0 aliphatic heterocycles. The number of pyridine rings is 1. The Bertz CT molecular complexity index is 1120. The molecule has 2 heterocycles. The molecule has 7 nitrogen and oxygen atoms in total. The number of aryl methyl sites for hydroxylation is 1. The number of carbonyl (C=O) groups is 1. The van der Waals surface area contributed by atoms with E-state index >= 15 is 0 Å². The number of aromatic hydroxyl groups is 1. The van der Waals surface area contributed by atoms with Gasteiger partial charge in [0.15, 0.2) is 5.56 Å². The van der Waals surface area contributed by atoms with Crippen molar-refractivity contribution in [1.82, 2.24) is 14.5 Å². The summed E-state index contributed by atoms with van der Waals surface area (Å²) in [5.41, 5.74) is 2.36. The molecule has 0 aliphatic rings. The van der Waals surface area contributed by atoms with Crippen LogP contribution in [0.3, 0.4) is 0 Å². The van der Waals surface area contributed by atoms with Crippen molar-refractivity contribution in [2.24, 2.45) is 7.05 Å². The van der Waals surface area contributed by atoms with Crippen LogP contribution < -0.4 is 5.56 Å². The van der Waals surface area contributed by atoms with E-state index in [9.17, 15) is 19.8 Å². The van der Waals surface area contributed by atoms with Crippen molar-refractivity contribution >= 4 is 16.9 Å². The Morgan fingerprint density at radius 1 is 1.25 bits per heavy atom. The number of H-pyrrole nitrogens is 1. The summed E-state index contributed by atoms with van der Waals surface area (Å²) in [6, 6.07) is 7.89. The molecule has 3 rings (SSSR count). The maximum absolute atomic E-state index is 12.3. The van der Waals surface area contributed by atoms with Gasteiger partial charge in [0.25, 0.3) is 5.56 Å². The van der Waals surface area contributed by atoms with E-state index in [2.05, 4.69) is 20.5 Å². The number of carboxylic acid groups (broad SMARTS) is 1. The lowest BCUT2D eigenvalue weighted by Crippen LogP contribution is -2.20. The third-order valence-corrected chi connectivity index (χ3v) is 4.93. The highest BCUT2D eigenvalue weighted by atomic mass is 16.4. The van der Waals surface area contributed by atoms with Crippen LogP contribution in [0.2, 0.25) is 0 Å². The second-order valence-corrected chi connectivity index (χ2v) is 7.63. The fourth-order valence-electron chi connectivity index (χ4n) is 3.63. The first-order chi connectivity index (χ1) is 13.1. The molecule has 0 aliphatic carbocycles. The summed E-state index contributed by atoms with van der Waals surface area (Å²) >= 11 is 0. The standard InChI is InChI=1S/C21H25N3O4/c1-11(2)16-18(22-20(26)17(19(16)25)21(27)28)12-6-7-15-13(8-12)9-14(24(15)5)10-23(3)4/h6-9,11H,10H2,1-5H3,(H,27,28)(H2,22,25,26). The minimum atomic E-state index is -1.45. The Morgan fingerprint density at radius 2 is 1.93 bits per heavy atom. The smallest absolute Gasteiger partial charge is 0.345 e. The maximum Gasteiger partial charge on any atom is 0.345 e. The number of aromatic nitrogens is 2. The highest BCUT2D eigenvalue weighted by Gasteiger charge is 2.24. The number of nitrogens with one attached hydrogen (secondary N) is 1. The molecule has 0 spiro atoms. The highest BCUT2D eigenvalue weighted by molar-refractivity contribution is 5.93. The molecule has 3 N–H and O–H groups in total. The van der Waals surface area contributed by atoms with Crippen molar-refractivity contribution in [1.29, 1.82) is 0 Å². The van der Waals surface area contributed by atoms with Gasteiger partial charge in [-0.3, -0.25) is 4.79 Å². The van der Waals surface area contributed by atoms with E-state index in [1.165, 1.54) is 0 Å². The van der Waals surface area contributed by atoms with Gasteiger partial charge in [0.05, 0.1) is 5.69 Å². The number of carboxylic acids is 1. The molecule has 0 bridgehead atoms. The van der Waals surface area contributed by atoms with Gasteiger partial charge < -0.3 is 24.7 Å². The van der Waals surface area contributed by atoms with Gasteiger partial charge in [0.1, 0.15) is 5.75 Å². The van der Waals surface area contributed by atoms with Crippen molar-refractivity contribution in [3.8, 4) is 17.0 Å². The van der Waals surface area contributed by atoms with Crippen LogP contribution in [0.1, 0.15) is 41.4 Å². The van der Waals surface area contributed by atoms with Crippen LogP contribution in [0.5, 0.6) is 5.75 Å². The van der Waals surface area contributed by atoms with Crippen molar-refractivity contribution in [3.63, 3.8) is 0 Å². The number of fused-ring (bicyclic) bond motifs is 1. The summed E-state index contributed by atoms with van der Waals surface area (Å²) in [4.78, 5) is 28.4. The summed E-state index contributed by atoms with van der Waals surface area (Å²) in [5, 5.41) is 20.8.